The van der Waals surface area contributed by atoms with E-state index in [1.54, 1.807) is 11.4 Å². The summed E-state index contributed by atoms with van der Waals surface area (Å²) in [5.41, 5.74) is 1.63. The van der Waals surface area contributed by atoms with Gasteiger partial charge in [0.25, 0.3) is 0 Å². The van der Waals surface area contributed by atoms with Gasteiger partial charge in [-0.25, -0.2) is 0 Å². The first-order valence-corrected chi connectivity index (χ1v) is 6.67. The molecule has 15 heavy (non-hydrogen) atoms. The van der Waals surface area contributed by atoms with Crippen molar-refractivity contribution < 1.29 is 4.79 Å². The van der Waals surface area contributed by atoms with Gasteiger partial charge in [-0.05, 0) is 23.1 Å². The van der Waals surface area contributed by atoms with Crippen LogP contribution in [0.3, 0.4) is 0 Å². The third-order valence-electron chi connectivity index (χ3n) is 1.88. The molecular weight excluding hydrogens is 271 g/mol. The first-order chi connectivity index (χ1) is 7.15. The lowest BCUT2D eigenvalue weighted by Crippen LogP contribution is -2.00. The molecule has 0 aliphatic carbocycles. The summed E-state index contributed by atoms with van der Waals surface area (Å²) >= 11 is 14.3. The van der Waals surface area contributed by atoms with Gasteiger partial charge in [-0.3, -0.25) is 4.79 Å². The third-order valence-corrected chi connectivity index (χ3v) is 4.11. The maximum absolute atomic E-state index is 11.7. The summed E-state index contributed by atoms with van der Waals surface area (Å²) < 4.78 is 1.35. The van der Waals surface area contributed by atoms with Crippen molar-refractivity contribution in [3.05, 3.63) is 42.7 Å². The molecule has 2 aromatic heterocycles. The van der Waals surface area contributed by atoms with E-state index in [1.165, 1.54) is 22.7 Å². The quantitative estimate of drug-likeness (QED) is 0.753. The van der Waals surface area contributed by atoms with Crippen molar-refractivity contribution in [2.24, 2.45) is 0 Å². The van der Waals surface area contributed by atoms with E-state index in [0.29, 0.717) is 20.7 Å². The molecule has 0 aromatic carbocycles. The zero-order valence-corrected chi connectivity index (χ0v) is 10.6. The number of halogens is 2. The average molecular weight is 277 g/mol. The smallest absolute Gasteiger partial charge is 0.168 e. The summed E-state index contributed by atoms with van der Waals surface area (Å²) in [6.07, 6.45) is 0.385. The van der Waals surface area contributed by atoms with E-state index in [1.807, 2.05) is 11.4 Å². The van der Waals surface area contributed by atoms with Crippen LogP contribution in [0.4, 0.5) is 0 Å². The maximum atomic E-state index is 11.7. The Morgan fingerprint density at radius 3 is 2.33 bits per heavy atom. The van der Waals surface area contributed by atoms with E-state index in [4.69, 9.17) is 23.2 Å². The van der Waals surface area contributed by atoms with Crippen LogP contribution < -0.4 is 0 Å². The predicted molar refractivity (Wildman–Crippen MR) is 66.7 cm³/mol. The second-order valence-electron chi connectivity index (χ2n) is 3.00. The number of Topliss-reactive ketones (excluding diaryl/α,β-unsaturated/α-hetero) is 1. The highest BCUT2D eigenvalue weighted by Gasteiger charge is 2.10. The van der Waals surface area contributed by atoms with Crippen molar-refractivity contribution in [3.8, 4) is 0 Å². The molecule has 0 saturated carbocycles. The van der Waals surface area contributed by atoms with E-state index < -0.39 is 0 Å². The molecule has 0 unspecified atom stereocenters. The molecule has 2 aromatic rings. The van der Waals surface area contributed by atoms with Gasteiger partial charge in [-0.2, -0.15) is 0 Å². The predicted octanol–water partition coefficient (Wildman–Crippen LogP) is 4.54. The monoisotopic (exact) mass is 276 g/mol. The number of hydrogen-bond donors (Lipinski definition) is 0. The van der Waals surface area contributed by atoms with E-state index >= 15 is 0 Å². The summed E-state index contributed by atoms with van der Waals surface area (Å²) in [6.45, 7) is 0. The van der Waals surface area contributed by atoms with Crippen LogP contribution in [-0.4, -0.2) is 5.78 Å². The van der Waals surface area contributed by atoms with Gasteiger partial charge in [-0.15, -0.1) is 22.7 Å². The van der Waals surface area contributed by atoms with Gasteiger partial charge >= 0.3 is 0 Å². The van der Waals surface area contributed by atoms with Gasteiger partial charge in [0.05, 0.1) is 8.67 Å². The molecule has 0 amide bonds. The number of hydrogen-bond acceptors (Lipinski definition) is 3. The summed E-state index contributed by atoms with van der Waals surface area (Å²) in [6, 6.07) is 3.51. The first-order valence-electron chi connectivity index (χ1n) is 4.15. The topological polar surface area (TPSA) is 17.1 Å². The lowest BCUT2D eigenvalue weighted by molar-refractivity contribution is 0.0993. The average Bonchev–Trinajstić information content (AvgIpc) is 2.75. The maximum Gasteiger partial charge on any atom is 0.168 e. The summed E-state index contributed by atoms with van der Waals surface area (Å²) in [5.74, 6) is 0.0765. The molecule has 78 valence electrons. The Morgan fingerprint density at radius 1 is 1.13 bits per heavy atom. The molecule has 2 heterocycles. The molecule has 0 spiro atoms. The van der Waals surface area contributed by atoms with Gasteiger partial charge in [0, 0.05) is 17.4 Å². The van der Waals surface area contributed by atoms with E-state index in [9.17, 15) is 4.79 Å². The third kappa shape index (κ3) is 2.82. The lowest BCUT2D eigenvalue weighted by Gasteiger charge is -1.94. The molecule has 1 nitrogen and oxygen atoms in total. The summed E-state index contributed by atoms with van der Waals surface area (Å²) in [7, 11) is 0. The van der Waals surface area contributed by atoms with Gasteiger partial charge < -0.3 is 0 Å². The Labute approximate surface area is 105 Å². The van der Waals surface area contributed by atoms with Crippen LogP contribution in [0.2, 0.25) is 8.67 Å². The highest BCUT2D eigenvalue weighted by molar-refractivity contribution is 7.14. The molecular formula is C10H6Cl2OS2. The Morgan fingerprint density at radius 2 is 1.80 bits per heavy atom. The number of carbonyl (C=O) groups is 1. The zero-order valence-electron chi connectivity index (χ0n) is 7.50. The van der Waals surface area contributed by atoms with Crippen LogP contribution >= 0.6 is 45.9 Å². The second-order valence-corrected chi connectivity index (χ2v) is 6.08. The standard InChI is InChI=1S/C10H6Cl2OS2/c11-9-2-6(4-14-9)1-8(13)7-3-10(12)15-5-7/h2-5H,1H2. The van der Waals surface area contributed by atoms with Gasteiger partial charge in [0.15, 0.2) is 5.78 Å². The molecule has 5 heteroatoms. The molecule has 2 rings (SSSR count). The SMILES string of the molecule is O=C(Cc1csc(Cl)c1)c1csc(Cl)c1. The van der Waals surface area contributed by atoms with Gasteiger partial charge in [0.2, 0.25) is 0 Å². The van der Waals surface area contributed by atoms with Crippen LogP contribution in [0.15, 0.2) is 22.9 Å². The molecule has 0 atom stereocenters. The number of rotatable bonds is 3. The highest BCUT2D eigenvalue weighted by atomic mass is 35.5. The van der Waals surface area contributed by atoms with Crippen LogP contribution in [0.1, 0.15) is 15.9 Å². The summed E-state index contributed by atoms with van der Waals surface area (Å²) in [5, 5.41) is 3.67. The van der Waals surface area contributed by atoms with Crippen LogP contribution in [0.5, 0.6) is 0 Å². The zero-order chi connectivity index (χ0) is 10.8. The summed E-state index contributed by atoms with van der Waals surface area (Å²) in [4.78, 5) is 11.7. The normalized spacial score (nSPS) is 10.5. The fourth-order valence-electron chi connectivity index (χ4n) is 1.18. The molecule has 0 aliphatic heterocycles. The number of ketones is 1. The molecule has 0 fully saturated rings. The van der Waals surface area contributed by atoms with Crippen molar-refractivity contribution in [2.45, 2.75) is 6.42 Å². The van der Waals surface area contributed by atoms with Gasteiger partial charge in [-0.1, -0.05) is 23.2 Å². The largest absolute Gasteiger partial charge is 0.294 e. The second kappa shape index (κ2) is 4.66. The van der Waals surface area contributed by atoms with E-state index in [2.05, 4.69) is 0 Å². The Balaban J connectivity index is 2.10. The van der Waals surface area contributed by atoms with Gasteiger partial charge in [0.1, 0.15) is 0 Å². The lowest BCUT2D eigenvalue weighted by atomic mass is 10.1. The molecule has 0 radical (unpaired) electrons. The number of carbonyl (C=O) groups excluding carboxylic acids is 1. The van der Waals surface area contributed by atoms with E-state index in [0.717, 1.165) is 5.56 Å². The minimum absolute atomic E-state index is 0.0765. The Hall–Kier alpha value is -0.350. The fourth-order valence-corrected chi connectivity index (χ4v) is 2.98. The minimum Gasteiger partial charge on any atom is -0.294 e. The van der Waals surface area contributed by atoms with Crippen molar-refractivity contribution in [1.29, 1.82) is 0 Å². The fraction of sp³-hybridized carbons (Fsp3) is 0.100. The van der Waals surface area contributed by atoms with Crippen LogP contribution in [0.25, 0.3) is 0 Å². The molecule has 0 saturated heterocycles. The number of thiophene rings is 2. The molecule has 0 bridgehead atoms. The van der Waals surface area contributed by atoms with Crippen LogP contribution in [-0.2, 0) is 6.42 Å². The van der Waals surface area contributed by atoms with Crippen LogP contribution in [0, 0.1) is 0 Å². The van der Waals surface area contributed by atoms with Crippen molar-refractivity contribution in [2.75, 3.05) is 0 Å². The molecule has 0 N–H and O–H groups in total. The minimum atomic E-state index is 0.0765. The van der Waals surface area contributed by atoms with Crippen molar-refractivity contribution >= 4 is 51.7 Å². The Bertz CT molecular complexity index is 487. The molecule has 0 aliphatic rings. The van der Waals surface area contributed by atoms with E-state index in [-0.39, 0.29) is 5.78 Å². The van der Waals surface area contributed by atoms with Crippen molar-refractivity contribution in [3.63, 3.8) is 0 Å². The van der Waals surface area contributed by atoms with Crippen molar-refractivity contribution in [1.82, 2.24) is 0 Å². The first kappa shape index (κ1) is 11.1. The highest BCUT2D eigenvalue weighted by Crippen LogP contribution is 2.24. The Kier molecular flexibility index (Phi) is 3.46.